The van der Waals surface area contributed by atoms with Crippen LogP contribution in [0.5, 0.6) is 0 Å². The Morgan fingerprint density at radius 3 is 2.28 bits per heavy atom. The van der Waals surface area contributed by atoms with Crippen molar-refractivity contribution in [2.75, 3.05) is 26.3 Å². The second-order valence-electron chi connectivity index (χ2n) is 7.04. The molecule has 1 aliphatic rings. The summed E-state index contributed by atoms with van der Waals surface area (Å²) in [5.41, 5.74) is 5.34. The standard InChI is InChI=1S/C16H24N2O5S2/c1-10-13(14(17)20)11(9-12(19)16(2,3)4)24-15(10)25(21,22)18-5-7-23-8-6-18/h5-9H2,1-4H3,(H2,17,20). The molecular formula is C16H24N2O5S2. The minimum Gasteiger partial charge on any atom is -0.379 e. The van der Waals surface area contributed by atoms with E-state index >= 15 is 0 Å². The van der Waals surface area contributed by atoms with Crippen molar-refractivity contribution in [1.29, 1.82) is 0 Å². The number of hydrogen-bond acceptors (Lipinski definition) is 6. The molecule has 0 spiro atoms. The van der Waals surface area contributed by atoms with Gasteiger partial charge in [0.1, 0.15) is 9.99 Å². The molecular weight excluding hydrogens is 364 g/mol. The van der Waals surface area contributed by atoms with E-state index in [1.54, 1.807) is 27.7 Å². The molecule has 0 bridgehead atoms. The summed E-state index contributed by atoms with van der Waals surface area (Å²) < 4.78 is 32.5. The van der Waals surface area contributed by atoms with Gasteiger partial charge in [-0.2, -0.15) is 4.31 Å². The maximum absolute atomic E-state index is 12.9. The summed E-state index contributed by atoms with van der Waals surface area (Å²) in [5, 5.41) is 0. The molecule has 0 radical (unpaired) electrons. The number of rotatable bonds is 5. The maximum atomic E-state index is 12.9. The summed E-state index contributed by atoms with van der Waals surface area (Å²) in [5.74, 6) is -0.791. The Hall–Kier alpha value is -1.29. The largest absolute Gasteiger partial charge is 0.379 e. The summed E-state index contributed by atoms with van der Waals surface area (Å²) >= 11 is 0.967. The van der Waals surface area contributed by atoms with Gasteiger partial charge in [-0.15, -0.1) is 11.3 Å². The normalized spacial score (nSPS) is 16.8. The summed E-state index contributed by atoms with van der Waals surface area (Å²) in [6.45, 7) is 8.11. The molecule has 2 rings (SSSR count). The maximum Gasteiger partial charge on any atom is 0.253 e. The van der Waals surface area contributed by atoms with Crippen molar-refractivity contribution in [2.24, 2.45) is 11.1 Å². The van der Waals surface area contributed by atoms with Crippen molar-refractivity contribution < 1.29 is 22.7 Å². The number of ether oxygens (including phenoxy) is 1. The molecule has 7 nitrogen and oxygen atoms in total. The van der Waals surface area contributed by atoms with Crippen molar-refractivity contribution in [3.8, 4) is 0 Å². The molecule has 140 valence electrons. The SMILES string of the molecule is Cc1c(S(=O)(=O)N2CCOCC2)sc(CC(=O)C(C)(C)C)c1C(N)=O. The predicted molar refractivity (Wildman–Crippen MR) is 95.3 cm³/mol. The molecule has 1 aromatic heterocycles. The quantitative estimate of drug-likeness (QED) is 0.819. The monoisotopic (exact) mass is 388 g/mol. The number of sulfonamides is 1. The van der Waals surface area contributed by atoms with Gasteiger partial charge < -0.3 is 10.5 Å². The van der Waals surface area contributed by atoms with Crippen LogP contribution in [0.4, 0.5) is 0 Å². The van der Waals surface area contributed by atoms with Crippen LogP contribution in [0.3, 0.4) is 0 Å². The minimum absolute atomic E-state index is 0.00802. The van der Waals surface area contributed by atoms with E-state index in [4.69, 9.17) is 10.5 Å². The van der Waals surface area contributed by atoms with Crippen molar-refractivity contribution in [2.45, 2.75) is 38.3 Å². The fourth-order valence-electron chi connectivity index (χ4n) is 2.56. The van der Waals surface area contributed by atoms with Crippen molar-refractivity contribution in [1.82, 2.24) is 4.31 Å². The van der Waals surface area contributed by atoms with Crippen LogP contribution in [-0.4, -0.2) is 50.7 Å². The first-order chi connectivity index (χ1) is 11.5. The molecule has 0 atom stereocenters. The van der Waals surface area contributed by atoms with Crippen LogP contribution >= 0.6 is 11.3 Å². The van der Waals surface area contributed by atoms with Gasteiger partial charge in [0.05, 0.1) is 18.8 Å². The first kappa shape index (κ1) is 20.0. The zero-order valence-corrected chi connectivity index (χ0v) is 16.6. The van der Waals surface area contributed by atoms with Crippen LogP contribution in [0.15, 0.2) is 4.21 Å². The van der Waals surface area contributed by atoms with Crippen LogP contribution in [0.1, 0.15) is 41.6 Å². The Bertz CT molecular complexity index is 784. The summed E-state index contributed by atoms with van der Waals surface area (Å²) in [4.78, 5) is 24.7. The average Bonchev–Trinajstić information content (AvgIpc) is 2.84. The smallest absolute Gasteiger partial charge is 0.253 e. The summed E-state index contributed by atoms with van der Waals surface area (Å²) in [7, 11) is -3.75. The number of carbonyl (C=O) groups is 2. The molecule has 2 heterocycles. The van der Waals surface area contributed by atoms with Crippen molar-refractivity contribution in [3.63, 3.8) is 0 Å². The van der Waals surface area contributed by atoms with E-state index in [-0.39, 0.29) is 35.1 Å². The van der Waals surface area contributed by atoms with Crippen LogP contribution in [0.2, 0.25) is 0 Å². The van der Waals surface area contributed by atoms with E-state index in [2.05, 4.69) is 0 Å². The lowest BCUT2D eigenvalue weighted by Gasteiger charge is -2.25. The van der Waals surface area contributed by atoms with Gasteiger partial charge in [0.25, 0.3) is 10.0 Å². The summed E-state index contributed by atoms with van der Waals surface area (Å²) in [6, 6.07) is 0. The molecule has 0 unspecified atom stereocenters. The van der Waals surface area contributed by atoms with Gasteiger partial charge in [-0.25, -0.2) is 8.42 Å². The molecule has 0 aromatic carbocycles. The lowest BCUT2D eigenvalue weighted by atomic mass is 9.88. The first-order valence-corrected chi connectivity index (χ1v) is 10.2. The fourth-order valence-corrected chi connectivity index (χ4v) is 5.99. The number of ketones is 1. The predicted octanol–water partition coefficient (Wildman–Crippen LogP) is 1.33. The van der Waals surface area contributed by atoms with E-state index < -0.39 is 21.3 Å². The third-order valence-electron chi connectivity index (χ3n) is 4.12. The number of morpholine rings is 1. The highest BCUT2D eigenvalue weighted by Crippen LogP contribution is 2.35. The van der Waals surface area contributed by atoms with E-state index in [0.717, 1.165) is 11.3 Å². The van der Waals surface area contributed by atoms with Gasteiger partial charge in [-0.1, -0.05) is 20.8 Å². The van der Waals surface area contributed by atoms with Gasteiger partial charge in [0.2, 0.25) is 5.91 Å². The number of nitrogens with two attached hydrogens (primary N) is 1. The second kappa shape index (κ2) is 7.14. The second-order valence-corrected chi connectivity index (χ2v) is 10.3. The van der Waals surface area contributed by atoms with E-state index in [0.29, 0.717) is 23.7 Å². The number of primary amides is 1. The number of Topliss-reactive ketones (excluding diaryl/α,β-unsaturated/α-hetero) is 1. The number of carbonyl (C=O) groups excluding carboxylic acids is 2. The van der Waals surface area contributed by atoms with Gasteiger partial charge in [-0.05, 0) is 12.5 Å². The Labute approximate surface area is 152 Å². The Morgan fingerprint density at radius 1 is 1.24 bits per heavy atom. The summed E-state index contributed by atoms with van der Waals surface area (Å²) in [6.07, 6.45) is -0.00802. The highest BCUT2D eigenvalue weighted by Gasteiger charge is 2.34. The zero-order chi connectivity index (χ0) is 19.0. The van der Waals surface area contributed by atoms with E-state index in [9.17, 15) is 18.0 Å². The third kappa shape index (κ3) is 4.11. The van der Waals surface area contributed by atoms with E-state index in [1.807, 2.05) is 0 Å². The molecule has 0 aliphatic carbocycles. The molecule has 0 saturated carbocycles. The molecule has 9 heteroatoms. The lowest BCUT2D eigenvalue weighted by molar-refractivity contribution is -0.125. The van der Waals surface area contributed by atoms with Crippen molar-refractivity contribution in [3.05, 3.63) is 16.0 Å². The number of thiophene rings is 1. The Balaban J connectivity index is 2.48. The van der Waals surface area contributed by atoms with Crippen LogP contribution in [-0.2, 0) is 26.0 Å². The minimum atomic E-state index is -3.75. The molecule has 1 saturated heterocycles. The highest BCUT2D eigenvalue weighted by molar-refractivity contribution is 7.91. The van der Waals surface area contributed by atoms with Crippen molar-refractivity contribution >= 4 is 33.1 Å². The Kier molecular flexibility index (Phi) is 5.72. The topological polar surface area (TPSA) is 107 Å². The third-order valence-corrected chi connectivity index (χ3v) is 7.91. The van der Waals surface area contributed by atoms with Gasteiger partial charge in [0, 0.05) is 29.8 Å². The van der Waals surface area contributed by atoms with E-state index in [1.165, 1.54) is 4.31 Å². The van der Waals surface area contributed by atoms with Gasteiger partial charge in [-0.3, -0.25) is 9.59 Å². The van der Waals surface area contributed by atoms with Crippen LogP contribution < -0.4 is 5.73 Å². The van der Waals surface area contributed by atoms with Gasteiger partial charge in [0.15, 0.2) is 0 Å². The highest BCUT2D eigenvalue weighted by atomic mass is 32.2. The Morgan fingerprint density at radius 2 is 1.80 bits per heavy atom. The molecule has 1 fully saturated rings. The molecule has 25 heavy (non-hydrogen) atoms. The number of hydrogen-bond donors (Lipinski definition) is 1. The fraction of sp³-hybridized carbons (Fsp3) is 0.625. The first-order valence-electron chi connectivity index (χ1n) is 7.99. The number of nitrogens with zero attached hydrogens (tertiary/aromatic N) is 1. The zero-order valence-electron chi connectivity index (χ0n) is 14.9. The number of amides is 1. The van der Waals surface area contributed by atoms with Gasteiger partial charge >= 0.3 is 0 Å². The molecule has 1 aliphatic heterocycles. The lowest BCUT2D eigenvalue weighted by Crippen LogP contribution is -2.40. The van der Waals surface area contributed by atoms with Crippen LogP contribution in [0, 0.1) is 12.3 Å². The molecule has 1 amide bonds. The molecule has 1 aromatic rings. The average molecular weight is 389 g/mol. The van der Waals surface area contributed by atoms with Crippen LogP contribution in [0.25, 0.3) is 0 Å². The molecule has 2 N–H and O–H groups in total.